The Hall–Kier alpha value is -1.43. The van der Waals surface area contributed by atoms with Gasteiger partial charge in [0.25, 0.3) is 0 Å². The number of ketones is 2. The van der Waals surface area contributed by atoms with Crippen LogP contribution in [0.2, 0.25) is 0 Å². The number of carbonyl (C=O) groups excluding carboxylic acids is 2. The summed E-state index contributed by atoms with van der Waals surface area (Å²) < 4.78 is 10.6. The van der Waals surface area contributed by atoms with Crippen molar-refractivity contribution in [2.75, 3.05) is 6.61 Å². The molecule has 1 heterocycles. The number of carbonyl (C=O) groups is 3. The minimum atomic E-state index is -1.83. The molecular formula is C27H40O10. The van der Waals surface area contributed by atoms with Crippen LogP contribution in [-0.4, -0.2) is 86.5 Å². The van der Waals surface area contributed by atoms with E-state index in [0.29, 0.717) is 18.8 Å². The van der Waals surface area contributed by atoms with Gasteiger partial charge >= 0.3 is 5.97 Å². The molecule has 0 bridgehead atoms. The van der Waals surface area contributed by atoms with Gasteiger partial charge < -0.3 is 35.0 Å². The van der Waals surface area contributed by atoms with Crippen LogP contribution in [0.3, 0.4) is 0 Å². The van der Waals surface area contributed by atoms with Crippen molar-refractivity contribution < 1.29 is 49.4 Å². The predicted molar refractivity (Wildman–Crippen MR) is 127 cm³/mol. The monoisotopic (exact) mass is 524 g/mol. The summed E-state index contributed by atoms with van der Waals surface area (Å²) >= 11 is 0. The van der Waals surface area contributed by atoms with Crippen LogP contribution in [0, 0.1) is 40.4 Å². The van der Waals surface area contributed by atoms with Gasteiger partial charge in [-0.25, -0.2) is 4.79 Å². The Morgan fingerprint density at radius 2 is 1.70 bits per heavy atom. The number of fused-ring (bicyclic) bond motifs is 5. The van der Waals surface area contributed by atoms with E-state index in [1.54, 1.807) is 0 Å². The van der Waals surface area contributed by atoms with Gasteiger partial charge in [0.1, 0.15) is 30.7 Å². The molecule has 0 amide bonds. The van der Waals surface area contributed by atoms with Crippen molar-refractivity contribution in [3.63, 3.8) is 0 Å². The normalized spacial score (nSPS) is 51.6. The Bertz CT molecular complexity index is 938. The van der Waals surface area contributed by atoms with Gasteiger partial charge in [0.05, 0.1) is 6.10 Å². The molecular weight excluding hydrogens is 484 g/mol. The highest BCUT2D eigenvalue weighted by Gasteiger charge is 2.64. The summed E-state index contributed by atoms with van der Waals surface area (Å²) in [5, 5.41) is 49.5. The second kappa shape index (κ2) is 9.64. The van der Waals surface area contributed by atoms with Gasteiger partial charge in [-0.15, -0.1) is 0 Å². The van der Waals surface area contributed by atoms with E-state index in [0.717, 1.165) is 38.5 Å². The van der Waals surface area contributed by atoms with E-state index in [-0.39, 0.29) is 40.8 Å². The lowest BCUT2D eigenvalue weighted by atomic mass is 9.44. The summed E-state index contributed by atoms with van der Waals surface area (Å²) in [6.45, 7) is 3.81. The fourth-order valence-electron chi connectivity index (χ4n) is 9.03. The van der Waals surface area contributed by atoms with Crippen molar-refractivity contribution in [3.8, 4) is 0 Å². The van der Waals surface area contributed by atoms with Crippen LogP contribution in [-0.2, 0) is 23.9 Å². The zero-order valence-corrected chi connectivity index (χ0v) is 21.5. The van der Waals surface area contributed by atoms with Crippen molar-refractivity contribution in [1.29, 1.82) is 0 Å². The van der Waals surface area contributed by atoms with E-state index >= 15 is 0 Å². The van der Waals surface area contributed by atoms with Crippen LogP contribution in [0.4, 0.5) is 0 Å². The molecule has 5 aliphatic rings. The molecule has 1 saturated heterocycles. The lowest BCUT2D eigenvalue weighted by molar-refractivity contribution is -0.292. The summed E-state index contributed by atoms with van der Waals surface area (Å²) in [5.74, 6) is -1.17. The van der Waals surface area contributed by atoms with Crippen molar-refractivity contribution in [2.45, 2.75) is 102 Å². The average Bonchev–Trinajstić information content (AvgIpc) is 3.18. The maximum atomic E-state index is 13.7. The molecule has 0 radical (unpaired) electrons. The van der Waals surface area contributed by atoms with Gasteiger partial charge in [-0.2, -0.15) is 0 Å². The smallest absolute Gasteiger partial charge is 0.335 e. The molecule has 4 aliphatic carbocycles. The van der Waals surface area contributed by atoms with E-state index in [1.165, 1.54) is 0 Å². The Kier molecular flexibility index (Phi) is 7.07. The fourth-order valence-corrected chi connectivity index (χ4v) is 9.03. The number of carboxylic acids is 1. The maximum absolute atomic E-state index is 13.7. The first-order chi connectivity index (χ1) is 17.4. The number of carboxylic acid groups (broad SMARTS) is 1. The SMILES string of the molecule is C[C@]12CC[C@H](O)C[C@@H]1CC[C@H]1[C@@H]3CC[C@H](C(=O)CO[C@@H]4O[C@H](C(=O)O)[C@@H](O)[C@H](O)[C@H]4O)[C@@]3(C)CC(=O)[C@@H]12. The van der Waals surface area contributed by atoms with E-state index in [4.69, 9.17) is 9.47 Å². The van der Waals surface area contributed by atoms with Gasteiger partial charge in [0, 0.05) is 18.3 Å². The second-order valence-corrected chi connectivity index (χ2v) is 12.7. The summed E-state index contributed by atoms with van der Waals surface area (Å²) in [4.78, 5) is 38.5. The molecule has 0 aromatic heterocycles. The Morgan fingerprint density at radius 1 is 0.973 bits per heavy atom. The van der Waals surface area contributed by atoms with Crippen LogP contribution in [0.1, 0.15) is 65.2 Å². The number of hydrogen-bond acceptors (Lipinski definition) is 9. The lowest BCUT2D eigenvalue weighted by Gasteiger charge is -2.59. The topological polar surface area (TPSA) is 171 Å². The van der Waals surface area contributed by atoms with E-state index < -0.39 is 54.6 Å². The van der Waals surface area contributed by atoms with Crippen molar-refractivity contribution in [3.05, 3.63) is 0 Å². The number of hydrogen-bond donors (Lipinski definition) is 5. The first-order valence-electron chi connectivity index (χ1n) is 13.7. The molecule has 10 nitrogen and oxygen atoms in total. The highest BCUT2D eigenvalue weighted by molar-refractivity contribution is 5.88. The van der Waals surface area contributed by atoms with E-state index in [9.17, 15) is 39.9 Å². The summed E-state index contributed by atoms with van der Waals surface area (Å²) in [6.07, 6.45) is -2.93. The molecule has 10 heteroatoms. The number of aliphatic hydroxyl groups excluding tert-OH is 4. The number of rotatable bonds is 5. The van der Waals surface area contributed by atoms with Gasteiger partial charge in [-0.3, -0.25) is 9.59 Å². The van der Waals surface area contributed by atoms with Crippen LogP contribution < -0.4 is 0 Å². The third-order valence-corrected chi connectivity index (χ3v) is 10.9. The molecule has 1 aliphatic heterocycles. The third-order valence-electron chi connectivity index (χ3n) is 10.9. The van der Waals surface area contributed by atoms with E-state index in [1.807, 2.05) is 6.92 Å². The molecule has 0 aromatic carbocycles. The number of aliphatic carboxylic acids is 1. The molecule has 5 rings (SSSR count). The zero-order valence-electron chi connectivity index (χ0n) is 21.5. The highest BCUT2D eigenvalue weighted by Crippen LogP contribution is 2.66. The molecule has 0 aromatic rings. The molecule has 208 valence electrons. The molecule has 5 N–H and O–H groups in total. The van der Waals surface area contributed by atoms with Crippen molar-refractivity contribution in [1.82, 2.24) is 0 Å². The lowest BCUT2D eigenvalue weighted by Crippen LogP contribution is -2.60. The Balaban J connectivity index is 1.28. The Morgan fingerprint density at radius 3 is 2.41 bits per heavy atom. The minimum absolute atomic E-state index is 0.0337. The molecule has 13 atom stereocenters. The third kappa shape index (κ3) is 4.28. The first kappa shape index (κ1) is 27.1. The second-order valence-electron chi connectivity index (χ2n) is 12.7. The van der Waals surface area contributed by atoms with Gasteiger partial charge in [-0.1, -0.05) is 13.8 Å². The molecule has 5 fully saturated rings. The fraction of sp³-hybridized carbons (Fsp3) is 0.889. The van der Waals surface area contributed by atoms with Crippen molar-refractivity contribution >= 4 is 17.5 Å². The van der Waals surface area contributed by atoms with E-state index in [2.05, 4.69) is 6.92 Å². The van der Waals surface area contributed by atoms with Crippen LogP contribution in [0.5, 0.6) is 0 Å². The van der Waals surface area contributed by atoms with Gasteiger partial charge in [0.15, 0.2) is 18.2 Å². The minimum Gasteiger partial charge on any atom is -0.479 e. The quantitative estimate of drug-likeness (QED) is 0.344. The first-order valence-corrected chi connectivity index (χ1v) is 13.7. The number of Topliss-reactive ketones (excluding diaryl/α,β-unsaturated/α-hetero) is 2. The van der Waals surface area contributed by atoms with Gasteiger partial charge in [0.2, 0.25) is 0 Å². The molecule has 4 saturated carbocycles. The van der Waals surface area contributed by atoms with Gasteiger partial charge in [-0.05, 0) is 73.5 Å². The predicted octanol–water partition coefficient (Wildman–Crippen LogP) is 0.663. The maximum Gasteiger partial charge on any atom is 0.335 e. The largest absolute Gasteiger partial charge is 0.479 e. The number of ether oxygens (including phenoxy) is 2. The zero-order chi connectivity index (χ0) is 26.9. The Labute approximate surface area is 216 Å². The summed E-state index contributed by atoms with van der Waals surface area (Å²) in [7, 11) is 0. The standard InChI is InChI=1S/C27H40O10/c1-26-8-7-13(28)9-12(26)3-4-14-15-5-6-16(27(15,2)10-17(29)19(14)26)18(30)11-36-25-22(33)20(31)21(32)23(37-25)24(34)35/h12-16,19-23,25,28,31-33H,3-11H2,1-2H3,(H,34,35)/t12-,13-,14-,15-,16+,19+,20-,21-,22+,23-,25+,26-,27-/m0/s1. The molecule has 0 unspecified atom stereocenters. The van der Waals surface area contributed by atoms with Crippen LogP contribution in [0.25, 0.3) is 0 Å². The van der Waals surface area contributed by atoms with Crippen LogP contribution >= 0.6 is 0 Å². The summed E-state index contributed by atoms with van der Waals surface area (Å²) in [5.41, 5.74) is -0.603. The summed E-state index contributed by atoms with van der Waals surface area (Å²) in [6, 6.07) is 0. The van der Waals surface area contributed by atoms with Crippen molar-refractivity contribution in [2.24, 2.45) is 40.4 Å². The van der Waals surface area contributed by atoms with Crippen LogP contribution in [0.15, 0.2) is 0 Å². The molecule has 0 spiro atoms. The number of aliphatic hydroxyl groups is 4. The highest BCUT2D eigenvalue weighted by atomic mass is 16.7. The molecule has 37 heavy (non-hydrogen) atoms. The average molecular weight is 525 g/mol.